The Balaban J connectivity index is 1.89. The standard InChI is InChI=1S/C23H28FN5O3/c1-13(2)19(28-21(30)14(3)25-4)23(32)29-18(12-15-6-5-11-26-20(15)29)22(31)27-17-9-7-16(24)8-10-17/h5-11,13-14,18-19,25H,12H2,1-4H3,(H,27,31)(H,28,30)/t14-,18-,19-/m0/s1. The molecule has 2 aromatic rings. The summed E-state index contributed by atoms with van der Waals surface area (Å²) in [5.41, 5.74) is 1.18. The third-order valence-electron chi connectivity index (χ3n) is 5.53. The highest BCUT2D eigenvalue weighted by Gasteiger charge is 2.43. The molecule has 9 heteroatoms. The molecule has 0 saturated carbocycles. The number of carbonyl (C=O) groups excluding carboxylic acids is 3. The second-order valence-electron chi connectivity index (χ2n) is 8.15. The van der Waals surface area contributed by atoms with Gasteiger partial charge in [0.2, 0.25) is 11.8 Å². The molecule has 3 amide bonds. The first-order valence-electron chi connectivity index (χ1n) is 10.5. The normalized spacial score (nSPS) is 16.9. The molecule has 3 N–H and O–H groups in total. The van der Waals surface area contributed by atoms with E-state index in [0.29, 0.717) is 11.5 Å². The van der Waals surface area contributed by atoms with Crippen LogP contribution in [0.25, 0.3) is 0 Å². The summed E-state index contributed by atoms with van der Waals surface area (Å²) in [5, 5.41) is 8.39. The van der Waals surface area contributed by atoms with Gasteiger partial charge in [-0.2, -0.15) is 0 Å². The first kappa shape index (κ1) is 23.3. The summed E-state index contributed by atoms with van der Waals surface area (Å²) in [5.74, 6) is -1.37. The minimum absolute atomic E-state index is 0.218. The van der Waals surface area contributed by atoms with Crippen molar-refractivity contribution < 1.29 is 18.8 Å². The van der Waals surface area contributed by atoms with Crippen LogP contribution in [0.4, 0.5) is 15.9 Å². The molecule has 3 atom stereocenters. The van der Waals surface area contributed by atoms with E-state index < -0.39 is 35.8 Å². The van der Waals surface area contributed by atoms with Gasteiger partial charge in [0.15, 0.2) is 0 Å². The van der Waals surface area contributed by atoms with Crippen molar-refractivity contribution in [3.63, 3.8) is 0 Å². The van der Waals surface area contributed by atoms with Crippen LogP contribution < -0.4 is 20.9 Å². The second-order valence-corrected chi connectivity index (χ2v) is 8.15. The third-order valence-corrected chi connectivity index (χ3v) is 5.53. The average Bonchev–Trinajstić information content (AvgIpc) is 3.17. The van der Waals surface area contributed by atoms with E-state index >= 15 is 0 Å². The maximum absolute atomic E-state index is 13.6. The highest BCUT2D eigenvalue weighted by Crippen LogP contribution is 2.32. The van der Waals surface area contributed by atoms with Gasteiger partial charge in [0.1, 0.15) is 23.7 Å². The summed E-state index contributed by atoms with van der Waals surface area (Å²) in [7, 11) is 1.66. The molecule has 0 radical (unpaired) electrons. The zero-order valence-electron chi connectivity index (χ0n) is 18.6. The molecule has 32 heavy (non-hydrogen) atoms. The number of halogens is 1. The highest BCUT2D eigenvalue weighted by molar-refractivity contribution is 6.09. The number of rotatable bonds is 7. The van der Waals surface area contributed by atoms with Gasteiger partial charge in [-0.1, -0.05) is 19.9 Å². The van der Waals surface area contributed by atoms with Gasteiger partial charge in [-0.25, -0.2) is 9.37 Å². The molecule has 3 rings (SSSR count). The predicted molar refractivity (Wildman–Crippen MR) is 120 cm³/mol. The molecular weight excluding hydrogens is 413 g/mol. The zero-order chi connectivity index (χ0) is 23.4. The van der Waals surface area contributed by atoms with Crippen LogP contribution in [-0.4, -0.2) is 47.9 Å². The van der Waals surface area contributed by atoms with Crippen molar-refractivity contribution in [2.75, 3.05) is 17.3 Å². The van der Waals surface area contributed by atoms with Gasteiger partial charge in [0.05, 0.1) is 6.04 Å². The van der Waals surface area contributed by atoms with E-state index in [1.807, 2.05) is 19.9 Å². The Morgan fingerprint density at radius 2 is 1.81 bits per heavy atom. The molecule has 0 unspecified atom stereocenters. The Morgan fingerprint density at radius 3 is 2.44 bits per heavy atom. The lowest BCUT2D eigenvalue weighted by Crippen LogP contribution is -2.57. The van der Waals surface area contributed by atoms with Crippen molar-refractivity contribution in [3.8, 4) is 0 Å². The fourth-order valence-electron chi connectivity index (χ4n) is 3.55. The van der Waals surface area contributed by atoms with Gasteiger partial charge in [-0.3, -0.25) is 19.3 Å². The van der Waals surface area contributed by atoms with Crippen molar-refractivity contribution in [1.82, 2.24) is 15.6 Å². The van der Waals surface area contributed by atoms with Crippen molar-refractivity contribution in [3.05, 3.63) is 54.0 Å². The van der Waals surface area contributed by atoms with E-state index in [9.17, 15) is 18.8 Å². The summed E-state index contributed by atoms with van der Waals surface area (Å²) in [4.78, 5) is 44.9. The van der Waals surface area contributed by atoms with Gasteiger partial charge >= 0.3 is 0 Å². The van der Waals surface area contributed by atoms with Crippen LogP contribution in [0.3, 0.4) is 0 Å². The van der Waals surface area contributed by atoms with Crippen molar-refractivity contribution in [2.45, 2.75) is 45.3 Å². The number of hydrogen-bond donors (Lipinski definition) is 3. The summed E-state index contributed by atoms with van der Waals surface area (Å²) in [6, 6.07) is 6.80. The van der Waals surface area contributed by atoms with Crippen LogP contribution in [0.15, 0.2) is 42.6 Å². The van der Waals surface area contributed by atoms with Crippen LogP contribution in [0.5, 0.6) is 0 Å². The van der Waals surface area contributed by atoms with E-state index in [1.54, 1.807) is 26.2 Å². The molecule has 0 spiro atoms. The van der Waals surface area contributed by atoms with E-state index in [0.717, 1.165) is 5.56 Å². The Kier molecular flexibility index (Phi) is 7.19. The maximum Gasteiger partial charge on any atom is 0.251 e. The van der Waals surface area contributed by atoms with E-state index in [2.05, 4.69) is 20.9 Å². The second kappa shape index (κ2) is 9.86. The predicted octanol–water partition coefficient (Wildman–Crippen LogP) is 1.87. The number of hydrogen-bond acceptors (Lipinski definition) is 5. The number of amides is 3. The van der Waals surface area contributed by atoms with Crippen molar-refractivity contribution in [1.29, 1.82) is 0 Å². The molecule has 1 aromatic heterocycles. The largest absolute Gasteiger partial charge is 0.343 e. The SMILES string of the molecule is CN[C@@H](C)C(=O)N[C@H](C(=O)N1c2ncccc2C[C@H]1C(=O)Nc1ccc(F)cc1)C(C)C. The van der Waals surface area contributed by atoms with E-state index in [4.69, 9.17) is 0 Å². The summed E-state index contributed by atoms with van der Waals surface area (Å²) < 4.78 is 13.2. The third kappa shape index (κ3) is 4.94. The molecule has 170 valence electrons. The number of carbonyl (C=O) groups is 3. The molecule has 0 fully saturated rings. The summed E-state index contributed by atoms with van der Waals surface area (Å²) >= 11 is 0. The Hall–Kier alpha value is -3.33. The number of nitrogens with one attached hydrogen (secondary N) is 3. The number of aromatic nitrogens is 1. The monoisotopic (exact) mass is 441 g/mol. The fourth-order valence-corrected chi connectivity index (χ4v) is 3.55. The minimum atomic E-state index is -0.850. The van der Waals surface area contributed by atoms with E-state index in [1.165, 1.54) is 29.2 Å². The first-order valence-corrected chi connectivity index (χ1v) is 10.5. The molecule has 1 aliphatic rings. The summed E-state index contributed by atoms with van der Waals surface area (Å²) in [6.45, 7) is 5.36. The molecule has 0 bridgehead atoms. The van der Waals surface area contributed by atoms with Crippen molar-refractivity contribution in [2.24, 2.45) is 5.92 Å². The van der Waals surface area contributed by atoms with Gasteiger partial charge in [-0.05, 0) is 55.8 Å². The summed E-state index contributed by atoms with van der Waals surface area (Å²) in [6.07, 6.45) is 1.85. The maximum atomic E-state index is 13.6. The fraction of sp³-hybridized carbons (Fsp3) is 0.391. The molecule has 2 heterocycles. The number of anilines is 2. The number of pyridine rings is 1. The van der Waals surface area contributed by atoms with Crippen LogP contribution in [0.2, 0.25) is 0 Å². The lowest BCUT2D eigenvalue weighted by Gasteiger charge is -2.31. The molecular formula is C23H28FN5O3. The molecule has 1 aliphatic heterocycles. The number of fused-ring (bicyclic) bond motifs is 1. The lowest BCUT2D eigenvalue weighted by molar-refractivity contribution is -0.130. The van der Waals surface area contributed by atoms with Crippen LogP contribution in [-0.2, 0) is 20.8 Å². The Labute approximate surface area is 186 Å². The lowest BCUT2D eigenvalue weighted by atomic mass is 10.0. The molecule has 1 aromatic carbocycles. The van der Waals surface area contributed by atoms with Gasteiger partial charge in [-0.15, -0.1) is 0 Å². The Bertz CT molecular complexity index is 995. The quantitative estimate of drug-likeness (QED) is 0.609. The van der Waals surface area contributed by atoms with Crippen LogP contribution >= 0.6 is 0 Å². The number of nitrogens with zero attached hydrogens (tertiary/aromatic N) is 2. The highest BCUT2D eigenvalue weighted by atomic mass is 19.1. The van der Waals surface area contributed by atoms with Gasteiger partial charge in [0.25, 0.3) is 5.91 Å². The topological polar surface area (TPSA) is 103 Å². The number of benzene rings is 1. The molecule has 0 saturated heterocycles. The Morgan fingerprint density at radius 1 is 1.12 bits per heavy atom. The van der Waals surface area contributed by atoms with Crippen molar-refractivity contribution >= 4 is 29.2 Å². The minimum Gasteiger partial charge on any atom is -0.343 e. The zero-order valence-corrected chi connectivity index (χ0v) is 18.6. The van der Waals surface area contributed by atoms with Gasteiger partial charge < -0.3 is 16.0 Å². The van der Waals surface area contributed by atoms with Crippen LogP contribution in [0, 0.1) is 11.7 Å². The van der Waals surface area contributed by atoms with Gasteiger partial charge in [0, 0.05) is 18.3 Å². The molecule has 8 nitrogen and oxygen atoms in total. The van der Waals surface area contributed by atoms with E-state index in [-0.39, 0.29) is 18.2 Å². The van der Waals surface area contributed by atoms with Crippen LogP contribution in [0.1, 0.15) is 26.3 Å². The smallest absolute Gasteiger partial charge is 0.251 e. The average molecular weight is 442 g/mol. The molecule has 0 aliphatic carbocycles. The number of likely N-dealkylation sites (N-methyl/N-ethyl adjacent to an activating group) is 1. The first-order chi connectivity index (χ1) is 15.2.